The first kappa shape index (κ1) is 14.1. The fraction of sp³-hybridized carbons (Fsp3) is 0.0625. The molecule has 0 fully saturated rings. The maximum Gasteiger partial charge on any atom is 0.238 e. The molecule has 0 unspecified atom stereocenters. The van der Waals surface area contributed by atoms with Gasteiger partial charge in [0.2, 0.25) is 5.91 Å². The van der Waals surface area contributed by atoms with Crippen LogP contribution in [0.25, 0.3) is 16.9 Å². The van der Waals surface area contributed by atoms with Crippen LogP contribution in [0.1, 0.15) is 6.42 Å². The molecule has 2 aromatic heterocycles. The summed E-state index contributed by atoms with van der Waals surface area (Å²) in [5.41, 5.74) is 3.07. The molecular weight excluding hydrogens is 300 g/mol. The van der Waals surface area contributed by atoms with Crippen molar-refractivity contribution >= 4 is 28.8 Å². The molecule has 1 aromatic carbocycles. The molecule has 5 nitrogen and oxygen atoms in total. The number of fused-ring (bicyclic) bond motifs is 1. The van der Waals surface area contributed by atoms with Crippen LogP contribution in [0.4, 0.5) is 5.69 Å². The lowest BCUT2D eigenvalue weighted by molar-refractivity contribution is -0.115. The highest BCUT2D eigenvalue weighted by molar-refractivity contribution is 6.30. The molecule has 3 aromatic rings. The van der Waals surface area contributed by atoms with Gasteiger partial charge in [-0.15, -0.1) is 0 Å². The molecule has 0 spiro atoms. The van der Waals surface area contributed by atoms with Crippen molar-refractivity contribution < 1.29 is 4.79 Å². The molecule has 0 bridgehead atoms. The molecule has 6 heteroatoms. The predicted molar refractivity (Wildman–Crippen MR) is 84.5 cm³/mol. The van der Waals surface area contributed by atoms with Crippen molar-refractivity contribution in [2.45, 2.75) is 6.42 Å². The molecule has 0 saturated heterocycles. The number of imidazole rings is 1. The number of nitrogens with one attached hydrogen (secondary N) is 1. The predicted octanol–water partition coefficient (Wildman–Crippen LogP) is 3.51. The molecule has 0 atom stereocenters. The number of carbonyl (C=O) groups excluding carboxylic acids is 1. The van der Waals surface area contributed by atoms with Gasteiger partial charge in [-0.2, -0.15) is 5.26 Å². The number of rotatable bonds is 3. The molecular formula is C16H11ClN4O. The number of carbonyl (C=O) groups is 1. The SMILES string of the molecule is N#CCC(=O)Nc1cccc(-c2cn3cc(Cl)ccc3n2)c1. The topological polar surface area (TPSA) is 70.2 Å². The van der Waals surface area contributed by atoms with Crippen molar-refractivity contribution in [2.75, 3.05) is 5.32 Å². The van der Waals surface area contributed by atoms with Gasteiger partial charge in [0.25, 0.3) is 0 Å². The lowest BCUT2D eigenvalue weighted by Crippen LogP contribution is -2.09. The summed E-state index contributed by atoms with van der Waals surface area (Å²) < 4.78 is 1.85. The minimum absolute atomic E-state index is 0.170. The Bertz CT molecular complexity index is 895. The summed E-state index contributed by atoms with van der Waals surface area (Å²) in [6.07, 6.45) is 3.49. The van der Waals surface area contributed by atoms with Gasteiger partial charge in [0.15, 0.2) is 0 Å². The van der Waals surface area contributed by atoms with E-state index in [0.29, 0.717) is 10.7 Å². The second kappa shape index (κ2) is 5.88. The monoisotopic (exact) mass is 310 g/mol. The van der Waals surface area contributed by atoms with Crippen molar-refractivity contribution in [2.24, 2.45) is 0 Å². The molecule has 1 amide bonds. The van der Waals surface area contributed by atoms with Crippen LogP contribution in [0, 0.1) is 11.3 Å². The fourth-order valence-corrected chi connectivity index (χ4v) is 2.31. The number of anilines is 1. The summed E-state index contributed by atoms with van der Waals surface area (Å²) in [6, 6.07) is 12.8. The van der Waals surface area contributed by atoms with Gasteiger partial charge in [-0.3, -0.25) is 4.79 Å². The number of pyridine rings is 1. The first-order valence-electron chi connectivity index (χ1n) is 6.57. The molecule has 108 valence electrons. The van der Waals surface area contributed by atoms with E-state index >= 15 is 0 Å². The minimum Gasteiger partial charge on any atom is -0.325 e. The zero-order chi connectivity index (χ0) is 15.5. The zero-order valence-corrected chi connectivity index (χ0v) is 12.2. The summed E-state index contributed by atoms with van der Waals surface area (Å²) in [6.45, 7) is 0. The number of aromatic nitrogens is 2. The molecule has 1 N–H and O–H groups in total. The smallest absolute Gasteiger partial charge is 0.238 e. The summed E-state index contributed by atoms with van der Waals surface area (Å²) in [7, 11) is 0. The number of nitrogens with zero attached hydrogens (tertiary/aromatic N) is 3. The van der Waals surface area contributed by atoms with E-state index in [2.05, 4.69) is 10.3 Å². The van der Waals surface area contributed by atoms with Crippen LogP contribution >= 0.6 is 11.6 Å². The second-order valence-corrected chi connectivity index (χ2v) is 5.14. The van der Waals surface area contributed by atoms with Crippen LogP contribution in [0.15, 0.2) is 48.8 Å². The van der Waals surface area contributed by atoms with Gasteiger partial charge in [-0.05, 0) is 24.3 Å². The van der Waals surface area contributed by atoms with Crippen molar-refractivity contribution in [3.05, 3.63) is 53.8 Å². The number of amides is 1. The first-order valence-corrected chi connectivity index (χ1v) is 6.95. The van der Waals surface area contributed by atoms with E-state index in [1.54, 1.807) is 18.3 Å². The summed E-state index contributed by atoms with van der Waals surface area (Å²) >= 11 is 5.96. The number of nitriles is 1. The van der Waals surface area contributed by atoms with Gasteiger partial charge in [0.1, 0.15) is 12.1 Å². The summed E-state index contributed by atoms with van der Waals surface area (Å²) in [5.74, 6) is -0.332. The Morgan fingerprint density at radius 2 is 2.18 bits per heavy atom. The number of hydrogen-bond donors (Lipinski definition) is 1. The van der Waals surface area contributed by atoms with E-state index in [9.17, 15) is 4.79 Å². The van der Waals surface area contributed by atoms with E-state index in [4.69, 9.17) is 16.9 Å². The highest BCUT2D eigenvalue weighted by Crippen LogP contribution is 2.23. The van der Waals surface area contributed by atoms with Gasteiger partial charge in [-0.25, -0.2) is 4.98 Å². The van der Waals surface area contributed by atoms with Crippen molar-refractivity contribution in [3.63, 3.8) is 0 Å². The highest BCUT2D eigenvalue weighted by Gasteiger charge is 2.07. The van der Waals surface area contributed by atoms with E-state index in [0.717, 1.165) is 16.9 Å². The minimum atomic E-state index is -0.332. The van der Waals surface area contributed by atoms with Gasteiger partial charge < -0.3 is 9.72 Å². The Morgan fingerprint density at radius 1 is 1.32 bits per heavy atom. The summed E-state index contributed by atoms with van der Waals surface area (Å²) in [4.78, 5) is 16.0. The Morgan fingerprint density at radius 3 is 3.00 bits per heavy atom. The first-order chi connectivity index (χ1) is 10.7. The van der Waals surface area contributed by atoms with Gasteiger partial charge >= 0.3 is 0 Å². The lowest BCUT2D eigenvalue weighted by atomic mass is 10.1. The van der Waals surface area contributed by atoms with Crippen LogP contribution in [0.2, 0.25) is 5.02 Å². The normalized spacial score (nSPS) is 10.4. The molecule has 3 rings (SSSR count). The quantitative estimate of drug-likeness (QED) is 0.804. The van der Waals surface area contributed by atoms with Crippen LogP contribution in [-0.4, -0.2) is 15.3 Å². The second-order valence-electron chi connectivity index (χ2n) is 4.70. The van der Waals surface area contributed by atoms with Crippen LogP contribution in [-0.2, 0) is 4.79 Å². The van der Waals surface area contributed by atoms with Crippen molar-refractivity contribution in [1.29, 1.82) is 5.26 Å². The Hall–Kier alpha value is -2.84. The summed E-state index contributed by atoms with van der Waals surface area (Å²) in [5, 5.41) is 11.8. The largest absolute Gasteiger partial charge is 0.325 e. The Labute approximate surface area is 131 Å². The molecule has 0 saturated carbocycles. The highest BCUT2D eigenvalue weighted by atomic mass is 35.5. The molecule has 0 aliphatic carbocycles. The zero-order valence-electron chi connectivity index (χ0n) is 11.5. The molecule has 0 aliphatic heterocycles. The fourth-order valence-electron chi connectivity index (χ4n) is 2.14. The maximum atomic E-state index is 11.5. The lowest BCUT2D eigenvalue weighted by Gasteiger charge is -2.04. The Balaban J connectivity index is 1.93. The average molecular weight is 311 g/mol. The van der Waals surface area contributed by atoms with E-state index < -0.39 is 0 Å². The van der Waals surface area contributed by atoms with Crippen LogP contribution in [0.5, 0.6) is 0 Å². The van der Waals surface area contributed by atoms with Crippen molar-refractivity contribution in [1.82, 2.24) is 9.38 Å². The van der Waals surface area contributed by atoms with Gasteiger partial charge in [-0.1, -0.05) is 23.7 Å². The molecule has 0 radical (unpaired) electrons. The molecule has 2 heterocycles. The number of hydrogen-bond acceptors (Lipinski definition) is 3. The third-order valence-corrected chi connectivity index (χ3v) is 3.32. The van der Waals surface area contributed by atoms with Crippen LogP contribution < -0.4 is 5.32 Å². The van der Waals surface area contributed by atoms with Gasteiger partial charge in [0.05, 0.1) is 16.8 Å². The van der Waals surface area contributed by atoms with Gasteiger partial charge in [0, 0.05) is 23.6 Å². The third kappa shape index (κ3) is 2.92. The number of benzene rings is 1. The number of halogens is 1. The molecule has 0 aliphatic rings. The van der Waals surface area contributed by atoms with E-state index in [1.807, 2.05) is 40.9 Å². The van der Waals surface area contributed by atoms with E-state index in [1.165, 1.54) is 0 Å². The van der Waals surface area contributed by atoms with Crippen LogP contribution in [0.3, 0.4) is 0 Å². The van der Waals surface area contributed by atoms with E-state index in [-0.39, 0.29) is 12.3 Å². The third-order valence-electron chi connectivity index (χ3n) is 3.10. The average Bonchev–Trinajstić information content (AvgIpc) is 2.90. The maximum absolute atomic E-state index is 11.5. The molecule has 22 heavy (non-hydrogen) atoms. The standard InChI is InChI=1S/C16H11ClN4O/c17-12-4-5-15-20-14(10-21(15)9-12)11-2-1-3-13(8-11)19-16(22)6-7-18/h1-5,8-10H,6H2,(H,19,22). The Kier molecular flexibility index (Phi) is 3.77. The van der Waals surface area contributed by atoms with Crippen molar-refractivity contribution in [3.8, 4) is 17.3 Å².